The predicted molar refractivity (Wildman–Crippen MR) is 60.3 cm³/mol. The van der Waals surface area contributed by atoms with Crippen molar-refractivity contribution in [2.75, 3.05) is 0 Å². The van der Waals surface area contributed by atoms with Gasteiger partial charge < -0.3 is 5.32 Å². The first-order valence-electron chi connectivity index (χ1n) is 6.05. The van der Waals surface area contributed by atoms with E-state index in [9.17, 15) is 0 Å². The molecule has 0 radical (unpaired) electrons. The van der Waals surface area contributed by atoms with Crippen molar-refractivity contribution >= 4 is 0 Å². The van der Waals surface area contributed by atoms with Gasteiger partial charge in [-0.05, 0) is 43.2 Å². The van der Waals surface area contributed by atoms with E-state index in [1.807, 2.05) is 12.3 Å². The van der Waals surface area contributed by atoms with E-state index in [0.29, 0.717) is 0 Å². The molecule has 2 saturated carbocycles. The van der Waals surface area contributed by atoms with Gasteiger partial charge in [0.05, 0.1) is 5.69 Å². The van der Waals surface area contributed by atoms with E-state index in [-0.39, 0.29) is 0 Å². The van der Waals surface area contributed by atoms with Gasteiger partial charge in [0.15, 0.2) is 0 Å². The second kappa shape index (κ2) is 3.93. The van der Waals surface area contributed by atoms with E-state index in [1.54, 1.807) is 0 Å². The van der Waals surface area contributed by atoms with Gasteiger partial charge in [-0.25, -0.2) is 0 Å². The van der Waals surface area contributed by atoms with Crippen LogP contribution in [-0.2, 0) is 6.54 Å². The summed E-state index contributed by atoms with van der Waals surface area (Å²) in [6.45, 7) is 0.939. The zero-order valence-electron chi connectivity index (χ0n) is 9.02. The maximum atomic E-state index is 4.34. The number of hydrogen-bond acceptors (Lipinski definition) is 2. The summed E-state index contributed by atoms with van der Waals surface area (Å²) in [4.78, 5) is 4.34. The highest BCUT2D eigenvalue weighted by Crippen LogP contribution is 2.44. The monoisotopic (exact) mass is 202 g/mol. The van der Waals surface area contributed by atoms with Crippen molar-refractivity contribution in [2.24, 2.45) is 11.8 Å². The summed E-state index contributed by atoms with van der Waals surface area (Å²) in [6.07, 6.45) is 7.67. The van der Waals surface area contributed by atoms with E-state index in [4.69, 9.17) is 0 Å². The third-order valence-corrected chi connectivity index (χ3v) is 4.01. The van der Waals surface area contributed by atoms with Gasteiger partial charge >= 0.3 is 0 Å². The first-order valence-corrected chi connectivity index (χ1v) is 6.05. The Morgan fingerprint density at radius 3 is 2.93 bits per heavy atom. The molecule has 3 atom stereocenters. The van der Waals surface area contributed by atoms with Gasteiger partial charge in [-0.3, -0.25) is 4.98 Å². The fraction of sp³-hybridized carbons (Fsp3) is 0.615. The first kappa shape index (κ1) is 9.34. The Kier molecular flexibility index (Phi) is 2.45. The zero-order chi connectivity index (χ0) is 10.1. The number of pyridine rings is 1. The predicted octanol–water partition coefficient (Wildman–Crippen LogP) is 2.36. The molecule has 0 aliphatic heterocycles. The molecule has 1 heterocycles. The molecule has 3 unspecified atom stereocenters. The maximum Gasteiger partial charge on any atom is 0.0541 e. The molecule has 2 aliphatic rings. The Bertz CT molecular complexity index is 323. The molecule has 2 heteroatoms. The molecule has 1 aromatic rings. The minimum absolute atomic E-state index is 0.769. The van der Waals surface area contributed by atoms with E-state index < -0.39 is 0 Å². The van der Waals surface area contributed by atoms with Crippen LogP contribution in [-0.4, -0.2) is 11.0 Å². The van der Waals surface area contributed by atoms with Crippen LogP contribution >= 0.6 is 0 Å². The molecular weight excluding hydrogens is 184 g/mol. The Labute approximate surface area is 91.1 Å². The van der Waals surface area contributed by atoms with Crippen LogP contribution in [0.25, 0.3) is 0 Å². The summed E-state index contributed by atoms with van der Waals surface area (Å²) in [6, 6.07) is 6.90. The van der Waals surface area contributed by atoms with E-state index >= 15 is 0 Å². The van der Waals surface area contributed by atoms with Crippen molar-refractivity contribution in [1.82, 2.24) is 10.3 Å². The van der Waals surface area contributed by atoms with Crippen molar-refractivity contribution in [3.8, 4) is 0 Å². The summed E-state index contributed by atoms with van der Waals surface area (Å²) in [5.74, 6) is 1.98. The van der Waals surface area contributed by atoms with Crippen LogP contribution in [0.5, 0.6) is 0 Å². The minimum atomic E-state index is 0.769. The number of fused-ring (bicyclic) bond motifs is 2. The lowest BCUT2D eigenvalue weighted by Gasteiger charge is -2.22. The van der Waals surface area contributed by atoms with Crippen LogP contribution in [0, 0.1) is 11.8 Å². The van der Waals surface area contributed by atoms with E-state index in [2.05, 4.69) is 22.4 Å². The van der Waals surface area contributed by atoms with Gasteiger partial charge in [-0.15, -0.1) is 0 Å². The number of hydrogen-bond donors (Lipinski definition) is 1. The van der Waals surface area contributed by atoms with Crippen LogP contribution in [0.3, 0.4) is 0 Å². The smallest absolute Gasteiger partial charge is 0.0541 e. The van der Waals surface area contributed by atoms with Gasteiger partial charge in [-0.1, -0.05) is 12.5 Å². The van der Waals surface area contributed by atoms with Crippen molar-refractivity contribution in [2.45, 2.75) is 38.3 Å². The number of nitrogens with one attached hydrogen (secondary N) is 1. The third-order valence-electron chi connectivity index (χ3n) is 4.01. The molecular formula is C13H18N2. The largest absolute Gasteiger partial charge is 0.308 e. The lowest BCUT2D eigenvalue weighted by molar-refractivity contribution is 0.349. The normalized spacial score (nSPS) is 33.5. The molecule has 0 amide bonds. The molecule has 1 aromatic heterocycles. The highest BCUT2D eigenvalue weighted by molar-refractivity contribution is 5.04. The molecule has 0 aromatic carbocycles. The minimum Gasteiger partial charge on any atom is -0.308 e. The molecule has 0 spiro atoms. The Morgan fingerprint density at radius 1 is 1.27 bits per heavy atom. The van der Waals surface area contributed by atoms with Crippen LogP contribution in [0.15, 0.2) is 24.4 Å². The lowest BCUT2D eigenvalue weighted by Crippen LogP contribution is -2.33. The van der Waals surface area contributed by atoms with Crippen LogP contribution in [0.2, 0.25) is 0 Å². The van der Waals surface area contributed by atoms with Gasteiger partial charge in [0, 0.05) is 18.8 Å². The summed E-state index contributed by atoms with van der Waals surface area (Å²) < 4.78 is 0. The van der Waals surface area contributed by atoms with Crippen LogP contribution in [0.1, 0.15) is 31.4 Å². The molecule has 80 valence electrons. The average Bonchev–Trinajstić information content (AvgIpc) is 2.89. The number of nitrogens with zero attached hydrogens (tertiary/aromatic N) is 1. The summed E-state index contributed by atoms with van der Waals surface area (Å²) >= 11 is 0. The molecule has 2 fully saturated rings. The molecule has 0 saturated heterocycles. The number of aromatic nitrogens is 1. The second-order valence-electron chi connectivity index (χ2n) is 4.98. The summed E-state index contributed by atoms with van der Waals surface area (Å²) in [5, 5.41) is 3.67. The van der Waals surface area contributed by atoms with Crippen molar-refractivity contribution in [1.29, 1.82) is 0 Å². The van der Waals surface area contributed by atoms with Crippen LogP contribution < -0.4 is 5.32 Å². The van der Waals surface area contributed by atoms with Crippen LogP contribution in [0.4, 0.5) is 0 Å². The zero-order valence-corrected chi connectivity index (χ0v) is 9.02. The number of rotatable bonds is 3. The molecule has 2 aliphatic carbocycles. The Morgan fingerprint density at radius 2 is 2.27 bits per heavy atom. The fourth-order valence-electron chi connectivity index (χ4n) is 3.23. The standard InChI is InChI=1S/C13H18N2/c1-2-6-14-12(3-1)9-15-13-8-10-4-5-11(13)7-10/h1-3,6,10-11,13,15H,4-5,7-9H2. The summed E-state index contributed by atoms with van der Waals surface area (Å²) in [5.41, 5.74) is 1.17. The highest BCUT2D eigenvalue weighted by Gasteiger charge is 2.38. The topological polar surface area (TPSA) is 24.9 Å². The SMILES string of the molecule is c1ccc(CNC2CC3CCC2C3)nc1. The van der Waals surface area contributed by atoms with Gasteiger partial charge in [0.1, 0.15) is 0 Å². The molecule has 1 N–H and O–H groups in total. The fourth-order valence-corrected chi connectivity index (χ4v) is 3.23. The summed E-state index contributed by atoms with van der Waals surface area (Å²) in [7, 11) is 0. The van der Waals surface area contributed by atoms with Crippen molar-refractivity contribution in [3.63, 3.8) is 0 Å². The third kappa shape index (κ3) is 1.91. The van der Waals surface area contributed by atoms with Crippen molar-refractivity contribution in [3.05, 3.63) is 30.1 Å². The molecule has 2 bridgehead atoms. The lowest BCUT2D eigenvalue weighted by atomic mass is 9.95. The maximum absolute atomic E-state index is 4.34. The van der Waals surface area contributed by atoms with Gasteiger partial charge in [0.25, 0.3) is 0 Å². The molecule has 3 rings (SSSR count). The Balaban J connectivity index is 1.55. The Hall–Kier alpha value is -0.890. The highest BCUT2D eigenvalue weighted by atomic mass is 14.9. The van der Waals surface area contributed by atoms with E-state index in [1.165, 1.54) is 31.4 Å². The van der Waals surface area contributed by atoms with Crippen molar-refractivity contribution < 1.29 is 0 Å². The quantitative estimate of drug-likeness (QED) is 0.814. The molecule has 15 heavy (non-hydrogen) atoms. The van der Waals surface area contributed by atoms with E-state index in [0.717, 1.165) is 24.4 Å². The second-order valence-corrected chi connectivity index (χ2v) is 4.98. The van der Waals surface area contributed by atoms with Gasteiger partial charge in [-0.2, -0.15) is 0 Å². The first-order chi connectivity index (χ1) is 7.42. The van der Waals surface area contributed by atoms with Gasteiger partial charge in [0.2, 0.25) is 0 Å². The molecule has 2 nitrogen and oxygen atoms in total. The average molecular weight is 202 g/mol.